The zero-order chi connectivity index (χ0) is 25.5. The summed E-state index contributed by atoms with van der Waals surface area (Å²) < 4.78 is 13.5. The van der Waals surface area contributed by atoms with Gasteiger partial charge in [-0.2, -0.15) is 42.2 Å². The molecule has 2 nitrogen and oxygen atoms in total. The van der Waals surface area contributed by atoms with Crippen LogP contribution in [0.15, 0.2) is 78.4 Å². The maximum absolute atomic E-state index is 6.77. The monoisotopic (exact) mass is 522 g/mol. The van der Waals surface area contributed by atoms with E-state index in [4.69, 9.17) is 9.47 Å². The molecule has 2 aliphatic rings. The number of rotatable bonds is 0. The molecule has 1 aliphatic carbocycles. The van der Waals surface area contributed by atoms with Gasteiger partial charge >= 0.3 is 0 Å². The number of hydrogen-bond acceptors (Lipinski definition) is 2. The summed E-state index contributed by atoms with van der Waals surface area (Å²) in [4.78, 5) is 0. The third-order valence-corrected chi connectivity index (χ3v) is 6.99. The molecular formula is C33H38FeO2-2. The van der Waals surface area contributed by atoms with Crippen LogP contribution in [0.1, 0.15) is 78.5 Å². The summed E-state index contributed by atoms with van der Waals surface area (Å²) in [7, 11) is 0. The molecule has 0 bridgehead atoms. The molecule has 192 valence electrons. The van der Waals surface area contributed by atoms with Gasteiger partial charge in [0.2, 0.25) is 0 Å². The summed E-state index contributed by atoms with van der Waals surface area (Å²) in [5.41, 5.74) is 3.51. The van der Waals surface area contributed by atoms with Gasteiger partial charge < -0.3 is 9.47 Å². The Kier molecular flexibility index (Phi) is 7.76. The maximum atomic E-state index is 6.77. The van der Waals surface area contributed by atoms with Crippen molar-refractivity contribution in [3.63, 3.8) is 0 Å². The van der Waals surface area contributed by atoms with Gasteiger partial charge in [-0.15, -0.1) is 12.1 Å². The van der Waals surface area contributed by atoms with Crippen molar-refractivity contribution < 1.29 is 26.5 Å². The maximum Gasteiger partial charge on any atom is 0.166 e. The fraction of sp³-hybridized carbons (Fsp3) is 0.394. The van der Waals surface area contributed by atoms with Crippen LogP contribution in [0.5, 0.6) is 11.5 Å². The van der Waals surface area contributed by atoms with Crippen molar-refractivity contribution in [1.82, 2.24) is 0 Å². The fourth-order valence-corrected chi connectivity index (χ4v) is 4.59. The van der Waals surface area contributed by atoms with Crippen LogP contribution in [0.2, 0.25) is 0 Å². The second-order valence-corrected chi connectivity index (χ2v) is 12.1. The molecule has 0 saturated carbocycles. The molecule has 0 aromatic heterocycles. The van der Waals surface area contributed by atoms with Crippen molar-refractivity contribution in [2.75, 3.05) is 0 Å². The Balaban J connectivity index is 0.000000538. The molecule has 1 heterocycles. The number of ether oxygens (including phenoxy) is 2. The first kappa shape index (κ1) is 27.9. The second kappa shape index (κ2) is 10.0. The van der Waals surface area contributed by atoms with E-state index in [-0.39, 0.29) is 27.9 Å². The van der Waals surface area contributed by atoms with E-state index in [1.165, 1.54) is 11.1 Å². The van der Waals surface area contributed by atoms with Gasteiger partial charge in [0.1, 0.15) is 0 Å². The normalized spacial score (nSPS) is 22.2. The second-order valence-electron chi connectivity index (χ2n) is 12.1. The summed E-state index contributed by atoms with van der Waals surface area (Å²) in [6, 6.07) is 22.6. The van der Waals surface area contributed by atoms with Crippen molar-refractivity contribution in [1.29, 1.82) is 0 Å². The Hall–Kier alpha value is -2.66. The van der Waals surface area contributed by atoms with Crippen molar-refractivity contribution in [3.8, 4) is 23.3 Å². The molecule has 2 unspecified atom stereocenters. The van der Waals surface area contributed by atoms with Crippen LogP contribution < -0.4 is 9.47 Å². The summed E-state index contributed by atoms with van der Waals surface area (Å²) >= 11 is 0. The molecule has 3 aromatic carbocycles. The molecule has 0 fully saturated rings. The molecule has 3 heteroatoms. The first-order chi connectivity index (χ1) is 16.3. The first-order valence-corrected chi connectivity index (χ1v) is 12.5. The van der Waals surface area contributed by atoms with Gasteiger partial charge in [0.05, 0.1) is 0 Å². The average molecular weight is 523 g/mol. The van der Waals surface area contributed by atoms with E-state index in [9.17, 15) is 0 Å². The quantitative estimate of drug-likeness (QED) is 0.169. The van der Waals surface area contributed by atoms with Crippen molar-refractivity contribution in [2.24, 2.45) is 0 Å². The molecule has 0 radical (unpaired) electrons. The number of benzene rings is 1. The first-order valence-electron chi connectivity index (χ1n) is 12.5. The summed E-state index contributed by atoms with van der Waals surface area (Å²) in [6.07, 6.45) is 2.90. The molecule has 0 spiro atoms. The Morgan fingerprint density at radius 2 is 1.53 bits per heavy atom. The van der Waals surface area contributed by atoms with Crippen LogP contribution in [-0.2, 0) is 27.9 Å². The molecule has 2 atom stereocenters. The zero-order valence-corrected chi connectivity index (χ0v) is 23.9. The smallest absolute Gasteiger partial charge is 0.166 e. The summed E-state index contributed by atoms with van der Waals surface area (Å²) in [5, 5.41) is 0. The molecule has 0 N–H and O–H groups in total. The Bertz CT molecular complexity index is 1240. The van der Waals surface area contributed by atoms with E-state index in [1.807, 2.05) is 54.6 Å². The predicted molar refractivity (Wildman–Crippen MR) is 146 cm³/mol. The number of fused-ring (bicyclic) bond motifs is 2. The van der Waals surface area contributed by atoms with Gasteiger partial charge in [-0.25, -0.2) is 12.1 Å². The zero-order valence-electron chi connectivity index (χ0n) is 22.8. The SMILES string of the molecule is CC(C)(C)c1cc2c(c(C(C)(C)C)c1)OC1(C)C=C(C#C[c-]3cccc3)CC1(C)O2.[Fe].c1cc[cH-]c1. The summed E-state index contributed by atoms with van der Waals surface area (Å²) in [6.45, 7) is 17.7. The van der Waals surface area contributed by atoms with E-state index < -0.39 is 11.2 Å². The van der Waals surface area contributed by atoms with Crippen LogP contribution in [0, 0.1) is 11.8 Å². The van der Waals surface area contributed by atoms with Gasteiger partial charge in [-0.3, -0.25) is 0 Å². The molecule has 0 amide bonds. The van der Waals surface area contributed by atoms with Crippen molar-refractivity contribution in [2.45, 2.75) is 83.8 Å². The number of hydrogen-bond donors (Lipinski definition) is 0. The largest absolute Gasteiger partial charge is 0.479 e. The molecule has 3 aromatic rings. The summed E-state index contributed by atoms with van der Waals surface area (Å²) in [5.74, 6) is 8.34. The van der Waals surface area contributed by atoms with Crippen LogP contribution >= 0.6 is 0 Å². The van der Waals surface area contributed by atoms with E-state index in [2.05, 4.69) is 85.4 Å². The topological polar surface area (TPSA) is 18.5 Å². The van der Waals surface area contributed by atoms with Gasteiger partial charge in [0.15, 0.2) is 22.7 Å². The predicted octanol–water partition coefficient (Wildman–Crippen LogP) is 8.07. The van der Waals surface area contributed by atoms with E-state index in [0.29, 0.717) is 0 Å². The minimum absolute atomic E-state index is 0. The molecule has 5 rings (SSSR count). The van der Waals surface area contributed by atoms with Gasteiger partial charge in [0, 0.05) is 29.1 Å². The van der Waals surface area contributed by atoms with E-state index in [0.717, 1.165) is 29.1 Å². The average Bonchev–Trinajstić information content (AvgIpc) is 3.50. The minimum Gasteiger partial charge on any atom is -0.479 e. The van der Waals surface area contributed by atoms with Crippen LogP contribution in [0.3, 0.4) is 0 Å². The van der Waals surface area contributed by atoms with Gasteiger partial charge in [0.25, 0.3) is 0 Å². The molecule has 0 saturated heterocycles. The fourth-order valence-electron chi connectivity index (χ4n) is 4.59. The minimum atomic E-state index is -0.556. The molecule has 1 aliphatic heterocycles. The third kappa shape index (κ3) is 5.67. The standard InChI is InChI=1S/C28H33O2.C5H5.Fe/c1-25(2,3)21-15-22(26(4,5)6)24-23(16-21)29-27(7)17-20(18-28(27,8)30-24)14-13-19-11-9-10-12-19;1-2-4-5-3-1;/h9-12,15-16,18H,17H2,1-8H3;1-5H;/q2*-1;. The van der Waals surface area contributed by atoms with Crippen LogP contribution in [-0.4, -0.2) is 11.2 Å². The molecular weight excluding hydrogens is 484 g/mol. The van der Waals surface area contributed by atoms with Crippen LogP contribution in [0.4, 0.5) is 0 Å². The Morgan fingerprint density at radius 1 is 0.889 bits per heavy atom. The van der Waals surface area contributed by atoms with Crippen molar-refractivity contribution >= 4 is 0 Å². The van der Waals surface area contributed by atoms with Gasteiger partial charge in [-0.05, 0) is 48.0 Å². The third-order valence-electron chi connectivity index (χ3n) is 6.99. The molecule has 36 heavy (non-hydrogen) atoms. The Labute approximate surface area is 228 Å². The van der Waals surface area contributed by atoms with Crippen LogP contribution in [0.25, 0.3) is 0 Å². The van der Waals surface area contributed by atoms with E-state index >= 15 is 0 Å². The van der Waals surface area contributed by atoms with Crippen molar-refractivity contribution in [3.05, 3.63) is 95.1 Å². The van der Waals surface area contributed by atoms with Gasteiger partial charge in [-0.1, -0.05) is 53.2 Å². The Morgan fingerprint density at radius 3 is 2.06 bits per heavy atom. The van der Waals surface area contributed by atoms with E-state index in [1.54, 1.807) is 0 Å².